The lowest BCUT2D eigenvalue weighted by molar-refractivity contribution is -0.139. The van der Waals surface area contributed by atoms with Crippen molar-refractivity contribution >= 4 is 5.91 Å². The summed E-state index contributed by atoms with van der Waals surface area (Å²) in [4.78, 5) is 14.4. The first-order chi connectivity index (χ1) is 8.39. The fraction of sp³-hybridized carbons (Fsp3) is 0.929. The maximum atomic E-state index is 12.3. The van der Waals surface area contributed by atoms with Gasteiger partial charge in [-0.15, -0.1) is 0 Å². The van der Waals surface area contributed by atoms with Gasteiger partial charge in [0.2, 0.25) is 5.91 Å². The highest BCUT2D eigenvalue weighted by molar-refractivity contribution is 5.77. The van der Waals surface area contributed by atoms with Gasteiger partial charge in [0.05, 0.1) is 12.0 Å². The summed E-state index contributed by atoms with van der Waals surface area (Å²) in [6.07, 6.45) is 4.58. The highest BCUT2D eigenvalue weighted by atomic mass is 16.5. The predicted octanol–water partition coefficient (Wildman–Crippen LogP) is 1.92. The Morgan fingerprint density at radius 1 is 1.33 bits per heavy atom. The molecule has 1 saturated carbocycles. The number of amides is 1. The van der Waals surface area contributed by atoms with E-state index in [0.29, 0.717) is 18.5 Å². The number of nitrogens with zero attached hydrogens (tertiary/aromatic N) is 1. The zero-order valence-electron chi connectivity index (χ0n) is 12.2. The summed E-state index contributed by atoms with van der Waals surface area (Å²) in [6.45, 7) is 6.73. The van der Waals surface area contributed by atoms with Crippen LogP contribution in [0.25, 0.3) is 0 Å². The molecule has 0 radical (unpaired) electrons. The second-order valence-corrected chi connectivity index (χ2v) is 5.89. The summed E-state index contributed by atoms with van der Waals surface area (Å²) in [5, 5.41) is 0. The Labute approximate surface area is 111 Å². The van der Waals surface area contributed by atoms with Crippen molar-refractivity contribution in [2.75, 3.05) is 13.7 Å². The van der Waals surface area contributed by atoms with E-state index in [1.165, 1.54) is 0 Å². The highest BCUT2D eigenvalue weighted by Gasteiger charge is 2.30. The molecule has 4 nitrogen and oxygen atoms in total. The zero-order valence-corrected chi connectivity index (χ0v) is 12.2. The molecule has 106 valence electrons. The Morgan fingerprint density at radius 3 is 2.33 bits per heavy atom. The van der Waals surface area contributed by atoms with Gasteiger partial charge in [0.15, 0.2) is 0 Å². The summed E-state index contributed by atoms with van der Waals surface area (Å²) >= 11 is 0. The standard InChI is InChI=1S/C14H28N2O2/c1-5-16(12-8-6-11(15)7-9-12)13(17)10-14(2,3)18-4/h11-12H,5-10,15H2,1-4H3. The molecule has 1 rings (SSSR count). The topological polar surface area (TPSA) is 55.6 Å². The molecular weight excluding hydrogens is 228 g/mol. The van der Waals surface area contributed by atoms with Crippen molar-refractivity contribution < 1.29 is 9.53 Å². The molecule has 0 heterocycles. The number of hydrogen-bond donors (Lipinski definition) is 1. The first kappa shape index (κ1) is 15.4. The Bertz CT molecular complexity index is 271. The molecule has 0 saturated heterocycles. The number of carbonyl (C=O) groups excluding carboxylic acids is 1. The molecule has 0 aromatic carbocycles. The fourth-order valence-electron chi connectivity index (χ4n) is 2.59. The third kappa shape index (κ3) is 4.25. The molecule has 1 amide bonds. The van der Waals surface area contributed by atoms with E-state index in [1.807, 2.05) is 25.7 Å². The molecule has 2 N–H and O–H groups in total. The van der Waals surface area contributed by atoms with Crippen LogP contribution >= 0.6 is 0 Å². The summed E-state index contributed by atoms with van der Waals surface area (Å²) in [5.41, 5.74) is 5.54. The first-order valence-corrected chi connectivity index (χ1v) is 7.00. The van der Waals surface area contributed by atoms with Gasteiger partial charge in [-0.3, -0.25) is 4.79 Å². The zero-order chi connectivity index (χ0) is 13.8. The third-order valence-corrected chi connectivity index (χ3v) is 3.97. The lowest BCUT2D eigenvalue weighted by Crippen LogP contribution is -2.46. The van der Waals surface area contributed by atoms with Crippen LogP contribution in [0.15, 0.2) is 0 Å². The molecule has 18 heavy (non-hydrogen) atoms. The maximum absolute atomic E-state index is 12.3. The first-order valence-electron chi connectivity index (χ1n) is 7.00. The van der Waals surface area contributed by atoms with Crippen LogP contribution < -0.4 is 5.73 Å². The van der Waals surface area contributed by atoms with Crippen molar-refractivity contribution in [3.05, 3.63) is 0 Å². The van der Waals surface area contributed by atoms with Gasteiger partial charge in [-0.25, -0.2) is 0 Å². The Hall–Kier alpha value is -0.610. The van der Waals surface area contributed by atoms with Crippen LogP contribution in [0.5, 0.6) is 0 Å². The van der Waals surface area contributed by atoms with E-state index in [0.717, 1.165) is 32.2 Å². The Morgan fingerprint density at radius 2 is 1.89 bits per heavy atom. The van der Waals surface area contributed by atoms with Gasteiger partial charge in [0, 0.05) is 25.7 Å². The molecule has 1 fully saturated rings. The molecule has 1 aliphatic carbocycles. The van der Waals surface area contributed by atoms with Crippen LogP contribution in [0, 0.1) is 0 Å². The van der Waals surface area contributed by atoms with Crippen LogP contribution in [0.1, 0.15) is 52.9 Å². The second kappa shape index (κ2) is 6.53. The van der Waals surface area contributed by atoms with Crippen LogP contribution in [0.4, 0.5) is 0 Å². The predicted molar refractivity (Wildman–Crippen MR) is 73.3 cm³/mol. The number of nitrogens with two attached hydrogens (primary N) is 1. The van der Waals surface area contributed by atoms with Crippen LogP contribution in [-0.4, -0.2) is 42.1 Å². The molecule has 0 aromatic heterocycles. The average Bonchev–Trinajstić information content (AvgIpc) is 2.32. The molecule has 0 unspecified atom stereocenters. The SMILES string of the molecule is CCN(C(=O)CC(C)(C)OC)C1CCC(N)CC1. The quantitative estimate of drug-likeness (QED) is 0.817. The van der Waals surface area contributed by atoms with E-state index in [-0.39, 0.29) is 11.5 Å². The van der Waals surface area contributed by atoms with Gasteiger partial charge >= 0.3 is 0 Å². The van der Waals surface area contributed by atoms with E-state index in [4.69, 9.17) is 10.5 Å². The van der Waals surface area contributed by atoms with Gasteiger partial charge in [0.25, 0.3) is 0 Å². The number of carbonyl (C=O) groups is 1. The number of ether oxygens (including phenoxy) is 1. The number of methoxy groups -OCH3 is 1. The van der Waals surface area contributed by atoms with E-state index < -0.39 is 0 Å². The van der Waals surface area contributed by atoms with Crippen molar-refractivity contribution in [2.45, 2.75) is 70.6 Å². The maximum Gasteiger partial charge on any atom is 0.225 e. The molecular formula is C14H28N2O2. The third-order valence-electron chi connectivity index (χ3n) is 3.97. The summed E-state index contributed by atoms with van der Waals surface area (Å²) in [7, 11) is 1.66. The fourth-order valence-corrected chi connectivity index (χ4v) is 2.59. The Balaban J connectivity index is 2.57. The van der Waals surface area contributed by atoms with Crippen molar-refractivity contribution in [1.82, 2.24) is 4.90 Å². The van der Waals surface area contributed by atoms with Gasteiger partial charge in [0.1, 0.15) is 0 Å². The average molecular weight is 256 g/mol. The molecule has 0 bridgehead atoms. The minimum Gasteiger partial charge on any atom is -0.378 e. The summed E-state index contributed by atoms with van der Waals surface area (Å²) < 4.78 is 5.34. The van der Waals surface area contributed by atoms with Crippen molar-refractivity contribution in [1.29, 1.82) is 0 Å². The molecule has 0 atom stereocenters. The summed E-state index contributed by atoms with van der Waals surface area (Å²) in [5.74, 6) is 0.199. The monoisotopic (exact) mass is 256 g/mol. The Kier molecular flexibility index (Phi) is 5.60. The van der Waals surface area contributed by atoms with E-state index in [1.54, 1.807) is 7.11 Å². The van der Waals surface area contributed by atoms with Gasteiger partial charge in [-0.05, 0) is 46.5 Å². The van der Waals surface area contributed by atoms with E-state index in [9.17, 15) is 4.79 Å². The van der Waals surface area contributed by atoms with Crippen molar-refractivity contribution in [2.24, 2.45) is 5.73 Å². The van der Waals surface area contributed by atoms with E-state index in [2.05, 4.69) is 0 Å². The summed E-state index contributed by atoms with van der Waals surface area (Å²) in [6, 6.07) is 0.695. The highest BCUT2D eigenvalue weighted by Crippen LogP contribution is 2.24. The molecule has 0 aliphatic heterocycles. The van der Waals surface area contributed by atoms with Gasteiger partial charge in [-0.2, -0.15) is 0 Å². The minimum atomic E-state index is -0.379. The van der Waals surface area contributed by atoms with Crippen LogP contribution in [-0.2, 0) is 9.53 Å². The minimum absolute atomic E-state index is 0.199. The van der Waals surface area contributed by atoms with Crippen molar-refractivity contribution in [3.8, 4) is 0 Å². The number of hydrogen-bond acceptors (Lipinski definition) is 3. The van der Waals surface area contributed by atoms with E-state index >= 15 is 0 Å². The molecule has 0 spiro atoms. The van der Waals surface area contributed by atoms with Gasteiger partial charge < -0.3 is 15.4 Å². The van der Waals surface area contributed by atoms with Gasteiger partial charge in [-0.1, -0.05) is 0 Å². The molecule has 1 aliphatic rings. The molecule has 4 heteroatoms. The lowest BCUT2D eigenvalue weighted by atomic mass is 9.90. The largest absolute Gasteiger partial charge is 0.378 e. The molecule has 0 aromatic rings. The van der Waals surface area contributed by atoms with Crippen LogP contribution in [0.2, 0.25) is 0 Å². The normalized spacial score (nSPS) is 24.9. The van der Waals surface area contributed by atoms with Crippen LogP contribution in [0.3, 0.4) is 0 Å². The number of rotatable bonds is 5. The lowest BCUT2D eigenvalue weighted by Gasteiger charge is -2.37. The smallest absolute Gasteiger partial charge is 0.225 e. The van der Waals surface area contributed by atoms with Crippen molar-refractivity contribution in [3.63, 3.8) is 0 Å². The second-order valence-electron chi connectivity index (χ2n) is 5.89.